The molecule has 2 atom stereocenters. The third-order valence-electron chi connectivity index (χ3n) is 7.06. The van der Waals surface area contributed by atoms with E-state index in [4.69, 9.17) is 4.74 Å². The smallest absolute Gasteiger partial charge is 0.418 e. The molecule has 176 valence electrons. The number of hydrogen-bond acceptors (Lipinski definition) is 3. The largest absolute Gasteiger partial charge is 0.449 e. The number of amides is 1. The summed E-state index contributed by atoms with van der Waals surface area (Å²) in [4.78, 5) is 16.9. The Kier molecular flexibility index (Phi) is 6.59. The molecule has 2 unspecified atom stereocenters. The number of piperidine rings is 1. The number of carbonyl (C=O) groups is 1. The van der Waals surface area contributed by atoms with Gasteiger partial charge in [-0.2, -0.15) is 0 Å². The van der Waals surface area contributed by atoms with Gasteiger partial charge in [0.05, 0.1) is 18.0 Å². The summed E-state index contributed by atoms with van der Waals surface area (Å²) in [7, 11) is 0. The molecule has 6 heteroatoms. The number of carbonyl (C=O) groups excluding carboxylic acids is 1. The Morgan fingerprint density at radius 3 is 2.06 bits per heavy atom. The fourth-order valence-electron chi connectivity index (χ4n) is 5.51. The fraction of sp³-hybridized carbons (Fsp3) is 0.321. The quantitative estimate of drug-likeness (QED) is 0.425. The molecule has 0 spiro atoms. The maximum Gasteiger partial charge on any atom is 0.418 e. The van der Waals surface area contributed by atoms with Gasteiger partial charge in [0.2, 0.25) is 0 Å². The standard InChI is InChI=1S/C28H28F2N2O2/c29-23-13-24(30)15-26(14-23)32(25-9-5-2-6-10-25)28(33)34-19-27-21-11-12-22(27)18-31(17-21)16-20-7-3-1-4-8-20/h1-10,13-15,21-22,27H,11-12,16-19H2. The average molecular weight is 463 g/mol. The van der Waals surface area contributed by atoms with Crippen molar-refractivity contribution in [3.05, 3.63) is 96.1 Å². The number of fused-ring (bicyclic) bond motifs is 2. The Balaban J connectivity index is 1.27. The normalized spacial score (nSPS) is 21.9. The molecular weight excluding hydrogens is 434 g/mol. The average Bonchev–Trinajstić information content (AvgIpc) is 3.06. The van der Waals surface area contributed by atoms with Crippen LogP contribution >= 0.6 is 0 Å². The summed E-state index contributed by atoms with van der Waals surface area (Å²) in [6, 6.07) is 22.4. The fourth-order valence-corrected chi connectivity index (χ4v) is 5.51. The molecule has 0 N–H and O–H groups in total. The van der Waals surface area contributed by atoms with Gasteiger partial charge in [-0.05, 0) is 54.5 Å². The van der Waals surface area contributed by atoms with Crippen LogP contribution in [0.3, 0.4) is 0 Å². The maximum absolute atomic E-state index is 13.9. The number of nitrogens with zero attached hydrogens (tertiary/aromatic N) is 2. The van der Waals surface area contributed by atoms with Crippen molar-refractivity contribution in [1.82, 2.24) is 4.90 Å². The first-order chi connectivity index (χ1) is 16.6. The molecule has 1 aliphatic carbocycles. The number of benzene rings is 3. The molecule has 5 rings (SSSR count). The maximum atomic E-state index is 13.9. The van der Waals surface area contributed by atoms with Crippen LogP contribution in [0.1, 0.15) is 18.4 Å². The zero-order valence-electron chi connectivity index (χ0n) is 18.9. The van der Waals surface area contributed by atoms with Crippen molar-refractivity contribution in [3.8, 4) is 0 Å². The van der Waals surface area contributed by atoms with E-state index in [1.165, 1.54) is 10.5 Å². The Hall–Kier alpha value is -3.25. The minimum absolute atomic E-state index is 0.106. The van der Waals surface area contributed by atoms with Crippen LogP contribution in [-0.2, 0) is 11.3 Å². The third kappa shape index (κ3) is 4.97. The van der Waals surface area contributed by atoms with Crippen LogP contribution in [0.4, 0.5) is 25.0 Å². The molecule has 2 aliphatic rings. The highest BCUT2D eigenvalue weighted by Crippen LogP contribution is 2.42. The Morgan fingerprint density at radius 1 is 0.853 bits per heavy atom. The molecule has 4 nitrogen and oxygen atoms in total. The highest BCUT2D eigenvalue weighted by atomic mass is 19.1. The summed E-state index contributed by atoms with van der Waals surface area (Å²) in [5.41, 5.74) is 1.92. The van der Waals surface area contributed by atoms with E-state index in [0.29, 0.717) is 30.0 Å². The second-order valence-corrected chi connectivity index (χ2v) is 9.32. The first-order valence-corrected chi connectivity index (χ1v) is 11.8. The van der Waals surface area contributed by atoms with Crippen LogP contribution in [0.25, 0.3) is 0 Å². The van der Waals surface area contributed by atoms with Crippen molar-refractivity contribution in [2.75, 3.05) is 24.6 Å². The van der Waals surface area contributed by atoms with Crippen LogP contribution in [0.2, 0.25) is 0 Å². The number of rotatable bonds is 6. The topological polar surface area (TPSA) is 32.8 Å². The van der Waals surface area contributed by atoms with Crippen molar-refractivity contribution in [2.45, 2.75) is 19.4 Å². The van der Waals surface area contributed by atoms with Gasteiger partial charge in [0.25, 0.3) is 0 Å². The van der Waals surface area contributed by atoms with E-state index < -0.39 is 17.7 Å². The Morgan fingerprint density at radius 2 is 1.44 bits per heavy atom. The van der Waals surface area contributed by atoms with E-state index in [0.717, 1.165) is 50.7 Å². The second kappa shape index (κ2) is 9.94. The predicted molar refractivity (Wildman–Crippen MR) is 128 cm³/mol. The molecule has 1 saturated carbocycles. The zero-order chi connectivity index (χ0) is 23.5. The molecule has 0 radical (unpaired) electrons. The lowest BCUT2D eigenvalue weighted by Crippen LogP contribution is -2.43. The van der Waals surface area contributed by atoms with Gasteiger partial charge >= 0.3 is 6.09 Å². The number of para-hydroxylation sites is 1. The second-order valence-electron chi connectivity index (χ2n) is 9.32. The van der Waals surface area contributed by atoms with Crippen molar-refractivity contribution >= 4 is 17.5 Å². The van der Waals surface area contributed by atoms with Crippen molar-refractivity contribution < 1.29 is 18.3 Å². The van der Waals surface area contributed by atoms with E-state index in [1.807, 2.05) is 12.1 Å². The van der Waals surface area contributed by atoms with Crippen LogP contribution < -0.4 is 4.90 Å². The molecule has 34 heavy (non-hydrogen) atoms. The van der Waals surface area contributed by atoms with E-state index in [9.17, 15) is 13.6 Å². The highest BCUT2D eigenvalue weighted by molar-refractivity contribution is 5.95. The summed E-state index contributed by atoms with van der Waals surface area (Å²) < 4.78 is 33.6. The first-order valence-electron chi connectivity index (χ1n) is 11.8. The summed E-state index contributed by atoms with van der Waals surface area (Å²) in [5, 5.41) is 0. The summed E-state index contributed by atoms with van der Waals surface area (Å²) in [6.45, 7) is 3.23. The molecule has 1 saturated heterocycles. The van der Waals surface area contributed by atoms with Gasteiger partial charge in [0.1, 0.15) is 11.6 Å². The summed E-state index contributed by atoms with van der Waals surface area (Å²) >= 11 is 0. The summed E-state index contributed by atoms with van der Waals surface area (Å²) in [6.07, 6.45) is 1.65. The van der Waals surface area contributed by atoms with Crippen molar-refractivity contribution in [2.24, 2.45) is 17.8 Å². The molecule has 1 aliphatic heterocycles. The number of likely N-dealkylation sites (tertiary alicyclic amines) is 1. The minimum Gasteiger partial charge on any atom is -0.449 e. The zero-order valence-corrected chi connectivity index (χ0v) is 18.9. The molecule has 0 aromatic heterocycles. The molecular formula is C28H28F2N2O2. The molecule has 1 amide bonds. The van der Waals surface area contributed by atoms with Gasteiger partial charge in [-0.25, -0.2) is 18.5 Å². The van der Waals surface area contributed by atoms with Gasteiger partial charge in [-0.3, -0.25) is 4.90 Å². The van der Waals surface area contributed by atoms with Crippen molar-refractivity contribution in [3.63, 3.8) is 0 Å². The highest BCUT2D eigenvalue weighted by Gasteiger charge is 2.42. The lowest BCUT2D eigenvalue weighted by atomic mass is 9.85. The lowest BCUT2D eigenvalue weighted by molar-refractivity contribution is 0.0514. The predicted octanol–water partition coefficient (Wildman–Crippen LogP) is 6.40. The van der Waals surface area contributed by atoms with Gasteiger partial charge in [-0.15, -0.1) is 0 Å². The van der Waals surface area contributed by atoms with E-state index in [-0.39, 0.29) is 5.69 Å². The van der Waals surface area contributed by atoms with Gasteiger partial charge in [-0.1, -0.05) is 48.5 Å². The molecule has 1 heterocycles. The van der Waals surface area contributed by atoms with E-state index in [1.54, 1.807) is 24.3 Å². The lowest BCUT2D eigenvalue weighted by Gasteiger charge is -2.38. The summed E-state index contributed by atoms with van der Waals surface area (Å²) in [5.74, 6) is -0.225. The third-order valence-corrected chi connectivity index (χ3v) is 7.06. The number of halogens is 2. The molecule has 2 bridgehead atoms. The first kappa shape index (κ1) is 22.5. The van der Waals surface area contributed by atoms with Gasteiger partial charge in [0.15, 0.2) is 0 Å². The van der Waals surface area contributed by atoms with Gasteiger partial charge in [0, 0.05) is 31.6 Å². The Labute approximate surface area is 198 Å². The van der Waals surface area contributed by atoms with Gasteiger partial charge < -0.3 is 4.74 Å². The van der Waals surface area contributed by atoms with Crippen LogP contribution in [0.5, 0.6) is 0 Å². The van der Waals surface area contributed by atoms with Crippen LogP contribution in [0, 0.1) is 29.4 Å². The minimum atomic E-state index is -0.743. The SMILES string of the molecule is O=C(OCC1C2CCC1CN(Cc1ccccc1)C2)N(c1ccccc1)c1cc(F)cc(F)c1. The van der Waals surface area contributed by atoms with E-state index >= 15 is 0 Å². The number of anilines is 2. The van der Waals surface area contributed by atoms with E-state index in [2.05, 4.69) is 29.2 Å². The molecule has 3 aromatic rings. The molecule has 2 fully saturated rings. The number of ether oxygens (including phenoxy) is 1. The van der Waals surface area contributed by atoms with Crippen molar-refractivity contribution in [1.29, 1.82) is 0 Å². The Bertz CT molecular complexity index is 1090. The van der Waals surface area contributed by atoms with Crippen LogP contribution in [0.15, 0.2) is 78.9 Å². The number of hydrogen-bond donors (Lipinski definition) is 0. The van der Waals surface area contributed by atoms with Crippen LogP contribution in [-0.4, -0.2) is 30.7 Å². The monoisotopic (exact) mass is 462 g/mol. The molecule has 3 aromatic carbocycles.